The van der Waals surface area contributed by atoms with Crippen molar-refractivity contribution in [1.29, 1.82) is 0 Å². The molecule has 28 heavy (non-hydrogen) atoms. The Kier molecular flexibility index (Phi) is 5.91. The fourth-order valence-electron chi connectivity index (χ4n) is 3.55. The van der Waals surface area contributed by atoms with E-state index in [0.29, 0.717) is 13.0 Å². The molecule has 1 aromatic rings. The van der Waals surface area contributed by atoms with Crippen molar-refractivity contribution < 1.29 is 23.6 Å². The summed E-state index contributed by atoms with van der Waals surface area (Å²) < 4.78 is 13.4. The Bertz CT molecular complexity index is 800. The van der Waals surface area contributed by atoms with Crippen LogP contribution in [0.1, 0.15) is 30.1 Å². The molecule has 2 aliphatic rings. The smallest absolute Gasteiger partial charge is 0.254 e. The molecule has 1 aromatic carbocycles. The van der Waals surface area contributed by atoms with Crippen molar-refractivity contribution in [2.24, 2.45) is 0 Å². The standard InChI is InChI=1S/C19H23FN4O4/c1-12(25)24-9-8-23(19(28)13-4-2-5-14(20)10-13)11-16(24)18(27)22-15-6-3-7-21-17(15)26/h2,4-5,10,15-16H,3,6-9,11H2,1H3,(H,21,26)(H,22,27)/t15-,16-/m0/s1. The second-order valence-electron chi connectivity index (χ2n) is 6.98. The molecule has 2 aliphatic heterocycles. The lowest BCUT2D eigenvalue weighted by Gasteiger charge is -2.40. The number of hydrogen-bond donors (Lipinski definition) is 2. The average molecular weight is 390 g/mol. The number of nitrogens with one attached hydrogen (secondary N) is 2. The van der Waals surface area contributed by atoms with Gasteiger partial charge in [-0.1, -0.05) is 6.07 Å². The molecule has 3 rings (SSSR count). The molecule has 2 atom stereocenters. The number of halogens is 1. The van der Waals surface area contributed by atoms with Crippen LogP contribution in [-0.4, -0.2) is 71.7 Å². The van der Waals surface area contributed by atoms with Crippen LogP contribution in [0.3, 0.4) is 0 Å². The summed E-state index contributed by atoms with van der Waals surface area (Å²) in [5.74, 6) is -1.95. The summed E-state index contributed by atoms with van der Waals surface area (Å²) in [5.41, 5.74) is 0.182. The minimum Gasteiger partial charge on any atom is -0.354 e. The molecule has 9 heteroatoms. The van der Waals surface area contributed by atoms with Crippen molar-refractivity contribution in [3.63, 3.8) is 0 Å². The number of piperidine rings is 1. The Morgan fingerprint density at radius 1 is 1.25 bits per heavy atom. The average Bonchev–Trinajstić information content (AvgIpc) is 2.68. The molecule has 0 saturated carbocycles. The Morgan fingerprint density at radius 3 is 2.71 bits per heavy atom. The molecule has 4 amide bonds. The number of hydrogen-bond acceptors (Lipinski definition) is 4. The van der Waals surface area contributed by atoms with E-state index in [4.69, 9.17) is 0 Å². The summed E-state index contributed by atoms with van der Waals surface area (Å²) in [6.07, 6.45) is 1.28. The van der Waals surface area contributed by atoms with Crippen molar-refractivity contribution in [1.82, 2.24) is 20.4 Å². The molecule has 0 unspecified atom stereocenters. The molecule has 2 N–H and O–H groups in total. The van der Waals surface area contributed by atoms with Gasteiger partial charge in [0.05, 0.1) is 6.54 Å². The summed E-state index contributed by atoms with van der Waals surface area (Å²) in [7, 11) is 0. The quantitative estimate of drug-likeness (QED) is 0.753. The highest BCUT2D eigenvalue weighted by atomic mass is 19.1. The van der Waals surface area contributed by atoms with Gasteiger partial charge in [0.25, 0.3) is 5.91 Å². The lowest BCUT2D eigenvalue weighted by atomic mass is 10.0. The Morgan fingerprint density at radius 2 is 2.04 bits per heavy atom. The van der Waals surface area contributed by atoms with E-state index in [2.05, 4.69) is 10.6 Å². The maximum absolute atomic E-state index is 13.4. The zero-order chi connectivity index (χ0) is 20.3. The van der Waals surface area contributed by atoms with Crippen LogP contribution in [0.15, 0.2) is 24.3 Å². The maximum Gasteiger partial charge on any atom is 0.254 e. The van der Waals surface area contributed by atoms with Crippen LogP contribution in [0.5, 0.6) is 0 Å². The second-order valence-corrected chi connectivity index (χ2v) is 6.98. The van der Waals surface area contributed by atoms with Crippen molar-refractivity contribution >= 4 is 23.6 Å². The van der Waals surface area contributed by atoms with Crippen LogP contribution >= 0.6 is 0 Å². The Hall–Kier alpha value is -2.97. The first-order valence-corrected chi connectivity index (χ1v) is 9.27. The largest absolute Gasteiger partial charge is 0.354 e. The van der Waals surface area contributed by atoms with Gasteiger partial charge in [-0.15, -0.1) is 0 Å². The van der Waals surface area contributed by atoms with Gasteiger partial charge in [0.15, 0.2) is 0 Å². The molecule has 2 heterocycles. The SMILES string of the molecule is CC(=O)N1CCN(C(=O)c2cccc(F)c2)C[C@H]1C(=O)N[C@H]1CCCNC1=O. The molecule has 0 spiro atoms. The first-order valence-electron chi connectivity index (χ1n) is 9.27. The number of carbonyl (C=O) groups excluding carboxylic acids is 4. The Balaban J connectivity index is 1.74. The van der Waals surface area contributed by atoms with Gasteiger partial charge >= 0.3 is 0 Å². The predicted molar refractivity (Wildman–Crippen MR) is 97.7 cm³/mol. The van der Waals surface area contributed by atoms with E-state index in [1.165, 1.54) is 34.9 Å². The molecule has 0 bridgehead atoms. The van der Waals surface area contributed by atoms with E-state index in [1.54, 1.807) is 0 Å². The number of benzene rings is 1. The van der Waals surface area contributed by atoms with E-state index in [9.17, 15) is 23.6 Å². The molecule has 0 radical (unpaired) electrons. The minimum absolute atomic E-state index is 0.0188. The van der Waals surface area contributed by atoms with E-state index >= 15 is 0 Å². The highest BCUT2D eigenvalue weighted by molar-refractivity contribution is 5.96. The molecule has 0 aliphatic carbocycles. The lowest BCUT2D eigenvalue weighted by molar-refractivity contribution is -0.143. The van der Waals surface area contributed by atoms with E-state index in [-0.39, 0.29) is 37.0 Å². The zero-order valence-electron chi connectivity index (χ0n) is 15.6. The van der Waals surface area contributed by atoms with Gasteiger partial charge in [-0.25, -0.2) is 4.39 Å². The minimum atomic E-state index is -0.904. The van der Waals surface area contributed by atoms with E-state index in [1.807, 2.05) is 0 Å². The van der Waals surface area contributed by atoms with Gasteiger partial charge in [0.2, 0.25) is 17.7 Å². The number of piperazine rings is 1. The summed E-state index contributed by atoms with van der Waals surface area (Å²) in [6, 6.07) is 3.78. The molecular formula is C19H23FN4O4. The molecule has 8 nitrogen and oxygen atoms in total. The topological polar surface area (TPSA) is 98.8 Å². The van der Waals surface area contributed by atoms with Crippen molar-refractivity contribution in [3.8, 4) is 0 Å². The third-order valence-corrected chi connectivity index (χ3v) is 5.05. The number of rotatable bonds is 3. The third-order valence-electron chi connectivity index (χ3n) is 5.05. The van der Waals surface area contributed by atoms with Gasteiger partial charge < -0.3 is 20.4 Å². The van der Waals surface area contributed by atoms with Crippen LogP contribution in [-0.2, 0) is 14.4 Å². The highest BCUT2D eigenvalue weighted by Crippen LogP contribution is 2.16. The summed E-state index contributed by atoms with van der Waals surface area (Å²) >= 11 is 0. The fraction of sp³-hybridized carbons (Fsp3) is 0.474. The highest BCUT2D eigenvalue weighted by Gasteiger charge is 2.37. The maximum atomic E-state index is 13.4. The predicted octanol–water partition coefficient (Wildman–Crippen LogP) is -0.107. The molecule has 150 valence electrons. The lowest BCUT2D eigenvalue weighted by Crippen LogP contribution is -2.63. The Labute approximate surface area is 162 Å². The van der Waals surface area contributed by atoms with Crippen LogP contribution in [0.2, 0.25) is 0 Å². The van der Waals surface area contributed by atoms with Crippen molar-refractivity contribution in [2.45, 2.75) is 31.8 Å². The summed E-state index contributed by atoms with van der Waals surface area (Å²) in [4.78, 5) is 52.2. The number of nitrogens with zero attached hydrogens (tertiary/aromatic N) is 2. The molecule has 2 saturated heterocycles. The third kappa shape index (κ3) is 4.29. The normalized spacial score (nSPS) is 22.4. The fourth-order valence-corrected chi connectivity index (χ4v) is 3.55. The number of amides is 4. The monoisotopic (exact) mass is 390 g/mol. The summed E-state index contributed by atoms with van der Waals surface area (Å²) in [6.45, 7) is 2.34. The van der Waals surface area contributed by atoms with E-state index in [0.717, 1.165) is 12.5 Å². The van der Waals surface area contributed by atoms with Crippen molar-refractivity contribution in [3.05, 3.63) is 35.6 Å². The van der Waals surface area contributed by atoms with Crippen LogP contribution in [0.25, 0.3) is 0 Å². The van der Waals surface area contributed by atoms with Crippen LogP contribution < -0.4 is 10.6 Å². The summed E-state index contributed by atoms with van der Waals surface area (Å²) in [5, 5.41) is 5.38. The molecule has 0 aromatic heterocycles. The van der Waals surface area contributed by atoms with Gasteiger partial charge in [-0.3, -0.25) is 19.2 Å². The molecule has 2 fully saturated rings. The number of carbonyl (C=O) groups is 4. The van der Waals surface area contributed by atoms with Gasteiger partial charge in [-0.05, 0) is 31.0 Å². The van der Waals surface area contributed by atoms with Crippen LogP contribution in [0.4, 0.5) is 4.39 Å². The van der Waals surface area contributed by atoms with Gasteiger partial charge in [0.1, 0.15) is 17.9 Å². The zero-order valence-corrected chi connectivity index (χ0v) is 15.6. The van der Waals surface area contributed by atoms with Gasteiger partial charge in [-0.2, -0.15) is 0 Å². The molecular weight excluding hydrogens is 367 g/mol. The van der Waals surface area contributed by atoms with Gasteiger partial charge in [0, 0.05) is 32.1 Å². The van der Waals surface area contributed by atoms with Crippen molar-refractivity contribution in [2.75, 3.05) is 26.2 Å². The van der Waals surface area contributed by atoms with Crippen LogP contribution in [0, 0.1) is 5.82 Å². The first kappa shape index (κ1) is 19.8. The van der Waals surface area contributed by atoms with E-state index < -0.39 is 29.7 Å². The first-order chi connectivity index (χ1) is 13.4. The second kappa shape index (κ2) is 8.37.